The van der Waals surface area contributed by atoms with Crippen LogP contribution in [0.2, 0.25) is 0 Å². The lowest BCUT2D eigenvalue weighted by Gasteiger charge is -1.98. The van der Waals surface area contributed by atoms with E-state index >= 15 is 0 Å². The van der Waals surface area contributed by atoms with Crippen LogP contribution in [-0.4, -0.2) is 11.7 Å². The van der Waals surface area contributed by atoms with Gasteiger partial charge in [-0.15, -0.1) is 11.3 Å². The highest BCUT2D eigenvalue weighted by atomic mass is 79.9. The van der Waals surface area contributed by atoms with Crippen molar-refractivity contribution in [2.75, 3.05) is 0 Å². The standard InChI is InChI=1S/C16H12BrNO2S/c1-2-14-13(17)9-11(21-14)8-12-15(18-20-16(12)19)10-6-4-3-5-7-10/h3-9H,2H2,1H3/b12-8-. The second-order valence-corrected chi connectivity index (χ2v) is 6.54. The molecule has 21 heavy (non-hydrogen) atoms. The van der Waals surface area contributed by atoms with Crippen molar-refractivity contribution in [3.05, 3.63) is 61.8 Å². The van der Waals surface area contributed by atoms with E-state index < -0.39 is 5.97 Å². The van der Waals surface area contributed by atoms with Crippen LogP contribution in [0.15, 0.2) is 51.6 Å². The molecule has 0 saturated carbocycles. The van der Waals surface area contributed by atoms with Crippen LogP contribution in [0.1, 0.15) is 22.2 Å². The summed E-state index contributed by atoms with van der Waals surface area (Å²) >= 11 is 5.20. The number of thiophene rings is 1. The van der Waals surface area contributed by atoms with Crippen molar-refractivity contribution in [3.8, 4) is 0 Å². The summed E-state index contributed by atoms with van der Waals surface area (Å²) in [5.41, 5.74) is 1.96. The van der Waals surface area contributed by atoms with Gasteiger partial charge < -0.3 is 4.84 Å². The van der Waals surface area contributed by atoms with Crippen molar-refractivity contribution in [2.45, 2.75) is 13.3 Å². The van der Waals surface area contributed by atoms with E-state index in [0.29, 0.717) is 11.3 Å². The molecule has 0 atom stereocenters. The average Bonchev–Trinajstić information content (AvgIpc) is 3.04. The summed E-state index contributed by atoms with van der Waals surface area (Å²) in [4.78, 5) is 19.0. The van der Waals surface area contributed by atoms with Gasteiger partial charge in [-0.05, 0) is 34.5 Å². The van der Waals surface area contributed by atoms with E-state index in [0.717, 1.165) is 21.3 Å². The lowest BCUT2D eigenvalue weighted by Crippen LogP contribution is -2.06. The van der Waals surface area contributed by atoms with E-state index in [1.165, 1.54) is 4.88 Å². The van der Waals surface area contributed by atoms with Crippen LogP contribution in [0.4, 0.5) is 0 Å². The van der Waals surface area contributed by atoms with Crippen LogP contribution in [0.5, 0.6) is 0 Å². The van der Waals surface area contributed by atoms with Gasteiger partial charge in [0.25, 0.3) is 0 Å². The SMILES string of the molecule is CCc1sc(/C=C2\C(=O)ON=C2c2ccccc2)cc1Br. The summed E-state index contributed by atoms with van der Waals surface area (Å²) in [6.45, 7) is 2.11. The normalized spacial score (nSPS) is 16.2. The first kappa shape index (κ1) is 14.2. The van der Waals surface area contributed by atoms with Crippen molar-refractivity contribution >= 4 is 45.0 Å². The number of nitrogens with zero attached hydrogens (tertiary/aromatic N) is 1. The Hall–Kier alpha value is -1.72. The summed E-state index contributed by atoms with van der Waals surface area (Å²) in [6.07, 6.45) is 2.80. The van der Waals surface area contributed by atoms with Crippen LogP contribution in [0.25, 0.3) is 6.08 Å². The number of carbonyl (C=O) groups is 1. The molecule has 3 nitrogen and oxygen atoms in total. The van der Waals surface area contributed by atoms with Gasteiger partial charge in [-0.1, -0.05) is 42.4 Å². The quantitative estimate of drug-likeness (QED) is 0.599. The first-order chi connectivity index (χ1) is 10.2. The number of rotatable bonds is 3. The predicted molar refractivity (Wildman–Crippen MR) is 88.4 cm³/mol. The van der Waals surface area contributed by atoms with Gasteiger partial charge in [-0.25, -0.2) is 4.79 Å². The average molecular weight is 362 g/mol. The monoisotopic (exact) mass is 361 g/mol. The molecule has 0 unspecified atom stereocenters. The lowest BCUT2D eigenvalue weighted by molar-refractivity contribution is -0.136. The Morgan fingerprint density at radius 2 is 2.10 bits per heavy atom. The Morgan fingerprint density at radius 1 is 1.33 bits per heavy atom. The van der Waals surface area contributed by atoms with Gasteiger partial charge in [0.15, 0.2) is 0 Å². The van der Waals surface area contributed by atoms with E-state index in [2.05, 4.69) is 28.0 Å². The summed E-state index contributed by atoms with van der Waals surface area (Å²) in [5.74, 6) is -0.406. The van der Waals surface area contributed by atoms with Gasteiger partial charge in [-0.2, -0.15) is 0 Å². The summed E-state index contributed by atoms with van der Waals surface area (Å²) < 4.78 is 1.08. The maximum Gasteiger partial charge on any atom is 0.368 e. The van der Waals surface area contributed by atoms with E-state index in [4.69, 9.17) is 4.84 Å². The van der Waals surface area contributed by atoms with Gasteiger partial charge in [0.05, 0.1) is 5.57 Å². The molecule has 0 saturated heterocycles. The maximum atomic E-state index is 11.9. The van der Waals surface area contributed by atoms with Crippen molar-refractivity contribution in [1.29, 1.82) is 0 Å². The van der Waals surface area contributed by atoms with E-state index in [1.54, 1.807) is 11.3 Å². The number of hydrogen-bond donors (Lipinski definition) is 0. The fraction of sp³-hybridized carbons (Fsp3) is 0.125. The second-order valence-electron chi connectivity index (χ2n) is 4.52. The molecule has 0 fully saturated rings. The highest BCUT2D eigenvalue weighted by molar-refractivity contribution is 9.10. The zero-order chi connectivity index (χ0) is 14.8. The molecule has 0 aliphatic carbocycles. The molecule has 106 valence electrons. The maximum absolute atomic E-state index is 11.9. The van der Waals surface area contributed by atoms with Gasteiger partial charge in [0, 0.05) is 19.8 Å². The summed E-state index contributed by atoms with van der Waals surface area (Å²) in [7, 11) is 0. The molecule has 0 amide bonds. The van der Waals surface area contributed by atoms with Crippen LogP contribution >= 0.6 is 27.3 Å². The highest BCUT2D eigenvalue weighted by Gasteiger charge is 2.26. The minimum atomic E-state index is -0.406. The number of halogens is 1. The molecule has 1 aromatic heterocycles. The third-order valence-corrected chi connectivity index (χ3v) is 5.32. The molecule has 0 spiro atoms. The fourth-order valence-electron chi connectivity index (χ4n) is 2.09. The smallest absolute Gasteiger partial charge is 0.312 e. The predicted octanol–water partition coefficient (Wildman–Crippen LogP) is 4.42. The molecule has 5 heteroatoms. The molecule has 0 radical (unpaired) electrons. The molecule has 2 heterocycles. The van der Waals surface area contributed by atoms with Crippen LogP contribution in [0, 0.1) is 0 Å². The Labute approximate surface area is 135 Å². The topological polar surface area (TPSA) is 38.7 Å². The molecular formula is C16H12BrNO2S. The number of aryl methyl sites for hydroxylation is 1. The minimum Gasteiger partial charge on any atom is -0.312 e. The van der Waals surface area contributed by atoms with Gasteiger partial charge in [0.1, 0.15) is 5.71 Å². The Bertz CT molecular complexity index is 747. The fourth-order valence-corrected chi connectivity index (χ4v) is 3.95. The van der Waals surface area contributed by atoms with Crippen molar-refractivity contribution < 1.29 is 9.63 Å². The first-order valence-electron chi connectivity index (χ1n) is 6.54. The van der Waals surface area contributed by atoms with E-state index in [-0.39, 0.29) is 0 Å². The van der Waals surface area contributed by atoms with Crippen LogP contribution < -0.4 is 0 Å². The van der Waals surface area contributed by atoms with E-state index in [9.17, 15) is 4.79 Å². The van der Waals surface area contributed by atoms with Gasteiger partial charge in [-0.3, -0.25) is 0 Å². The van der Waals surface area contributed by atoms with Crippen LogP contribution in [0.3, 0.4) is 0 Å². The summed E-state index contributed by atoms with van der Waals surface area (Å²) in [6, 6.07) is 11.6. The van der Waals surface area contributed by atoms with E-state index in [1.807, 2.05) is 42.5 Å². The molecule has 1 aliphatic rings. The zero-order valence-electron chi connectivity index (χ0n) is 11.3. The molecule has 0 bridgehead atoms. The van der Waals surface area contributed by atoms with Crippen molar-refractivity contribution in [1.82, 2.24) is 0 Å². The molecule has 1 aromatic carbocycles. The van der Waals surface area contributed by atoms with Crippen molar-refractivity contribution in [2.24, 2.45) is 5.16 Å². The second kappa shape index (κ2) is 5.95. The molecule has 1 aliphatic heterocycles. The number of benzene rings is 1. The minimum absolute atomic E-state index is 0.406. The Kier molecular flexibility index (Phi) is 4.03. The van der Waals surface area contributed by atoms with Crippen molar-refractivity contribution in [3.63, 3.8) is 0 Å². The molecule has 0 N–H and O–H groups in total. The van der Waals surface area contributed by atoms with Gasteiger partial charge >= 0.3 is 5.97 Å². The first-order valence-corrected chi connectivity index (χ1v) is 8.15. The third-order valence-electron chi connectivity index (χ3n) is 3.13. The lowest BCUT2D eigenvalue weighted by atomic mass is 10.0. The Balaban J connectivity index is 2.00. The highest BCUT2D eigenvalue weighted by Crippen LogP contribution is 2.30. The number of carbonyl (C=O) groups excluding carboxylic acids is 1. The largest absolute Gasteiger partial charge is 0.368 e. The zero-order valence-corrected chi connectivity index (χ0v) is 13.7. The van der Waals surface area contributed by atoms with Gasteiger partial charge in [0.2, 0.25) is 0 Å². The number of hydrogen-bond acceptors (Lipinski definition) is 4. The van der Waals surface area contributed by atoms with Crippen LogP contribution in [-0.2, 0) is 16.1 Å². The number of oxime groups is 1. The molecule has 2 aromatic rings. The Morgan fingerprint density at radius 3 is 2.76 bits per heavy atom. The molecule has 3 rings (SSSR count). The summed E-state index contributed by atoms with van der Waals surface area (Å²) in [5, 5.41) is 3.91. The third kappa shape index (κ3) is 2.84. The molecular weight excluding hydrogens is 350 g/mol.